The third-order valence-electron chi connectivity index (χ3n) is 4.73. The monoisotopic (exact) mass is 433 g/mol. The van der Waals surface area contributed by atoms with Crippen molar-refractivity contribution < 1.29 is 13.9 Å². The molecular weight excluding hydrogens is 413 g/mol. The Bertz CT molecular complexity index is 1220. The average molecular weight is 434 g/mol. The van der Waals surface area contributed by atoms with Gasteiger partial charge in [0, 0.05) is 22.9 Å². The summed E-state index contributed by atoms with van der Waals surface area (Å²) < 4.78 is 18.5. The second-order valence-corrected chi connectivity index (χ2v) is 7.79. The quantitative estimate of drug-likeness (QED) is 0.422. The summed E-state index contributed by atoms with van der Waals surface area (Å²) in [5.74, 6) is 0.581. The highest BCUT2D eigenvalue weighted by Crippen LogP contribution is 2.31. The minimum atomic E-state index is -0.298. The molecule has 0 aliphatic rings. The highest BCUT2D eigenvalue weighted by atomic mass is 32.2. The van der Waals surface area contributed by atoms with Gasteiger partial charge in [-0.15, -0.1) is 10.2 Å². The minimum absolute atomic E-state index is 0.0960. The van der Waals surface area contributed by atoms with Gasteiger partial charge in [-0.3, -0.25) is 4.79 Å². The van der Waals surface area contributed by atoms with E-state index < -0.39 is 0 Å². The normalized spacial score (nSPS) is 10.8. The first kappa shape index (κ1) is 20.8. The third-order valence-corrected chi connectivity index (χ3v) is 5.72. The number of fused-ring (bicyclic) bond motifs is 1. The fourth-order valence-electron chi connectivity index (χ4n) is 3.17. The predicted octanol–water partition coefficient (Wildman–Crippen LogP) is 4.85. The first-order valence-electron chi connectivity index (χ1n) is 9.68. The van der Waals surface area contributed by atoms with Gasteiger partial charge < -0.3 is 10.1 Å². The largest absolute Gasteiger partial charge is 0.497 e. The Labute approximate surface area is 183 Å². The van der Waals surface area contributed by atoms with Gasteiger partial charge in [0.1, 0.15) is 22.3 Å². The van der Waals surface area contributed by atoms with Gasteiger partial charge in [-0.2, -0.15) is 0 Å². The number of ether oxygens (including phenoxy) is 1. The van der Waals surface area contributed by atoms with Gasteiger partial charge in [0.05, 0.1) is 12.9 Å². The van der Waals surface area contributed by atoms with E-state index in [2.05, 4.69) is 15.5 Å². The van der Waals surface area contributed by atoms with Crippen molar-refractivity contribution >= 4 is 28.4 Å². The van der Waals surface area contributed by atoms with Gasteiger partial charge >= 0.3 is 0 Å². The number of benzene rings is 3. The van der Waals surface area contributed by atoms with Crippen molar-refractivity contribution in [1.82, 2.24) is 15.5 Å². The molecule has 1 N–H and O–H groups in total. The molecule has 0 radical (unpaired) electrons. The van der Waals surface area contributed by atoms with E-state index in [4.69, 9.17) is 4.74 Å². The van der Waals surface area contributed by atoms with Crippen molar-refractivity contribution in [2.75, 3.05) is 12.9 Å². The zero-order chi connectivity index (χ0) is 21.6. The minimum Gasteiger partial charge on any atom is -0.497 e. The highest BCUT2D eigenvalue weighted by Gasteiger charge is 2.13. The number of aromatic nitrogens is 2. The topological polar surface area (TPSA) is 64.1 Å². The zero-order valence-corrected chi connectivity index (χ0v) is 17.7. The third kappa shape index (κ3) is 5.00. The van der Waals surface area contributed by atoms with Crippen LogP contribution in [0, 0.1) is 5.82 Å². The Kier molecular flexibility index (Phi) is 6.43. The predicted molar refractivity (Wildman–Crippen MR) is 120 cm³/mol. The fraction of sp³-hybridized carbons (Fsp3) is 0.125. The summed E-state index contributed by atoms with van der Waals surface area (Å²) in [5.41, 5.74) is 2.44. The van der Waals surface area contributed by atoms with Crippen molar-refractivity contribution in [3.63, 3.8) is 0 Å². The van der Waals surface area contributed by atoms with Gasteiger partial charge in [-0.05, 0) is 42.0 Å². The lowest BCUT2D eigenvalue weighted by Gasteiger charge is -2.10. The van der Waals surface area contributed by atoms with Crippen LogP contribution in [-0.4, -0.2) is 29.0 Å². The number of nitrogens with zero attached hydrogens (tertiary/aromatic N) is 2. The molecule has 0 saturated heterocycles. The van der Waals surface area contributed by atoms with E-state index in [1.165, 1.54) is 23.9 Å². The maximum atomic E-state index is 13.3. The SMILES string of the molecule is COc1cccc(CNC(=O)CSc2nnc(-c3ccc(F)cc3)c3ccccc23)c1. The van der Waals surface area contributed by atoms with Crippen LogP contribution in [0.2, 0.25) is 0 Å². The second-order valence-electron chi connectivity index (χ2n) is 6.82. The molecule has 0 aliphatic carbocycles. The lowest BCUT2D eigenvalue weighted by molar-refractivity contribution is -0.118. The van der Waals surface area contributed by atoms with Crippen LogP contribution in [0.25, 0.3) is 22.0 Å². The number of amides is 1. The molecule has 0 unspecified atom stereocenters. The smallest absolute Gasteiger partial charge is 0.230 e. The lowest BCUT2D eigenvalue weighted by atomic mass is 10.1. The molecule has 3 aromatic carbocycles. The molecule has 4 rings (SSSR count). The number of nitrogens with one attached hydrogen (secondary N) is 1. The van der Waals surface area contributed by atoms with E-state index in [0.29, 0.717) is 17.3 Å². The summed E-state index contributed by atoms with van der Waals surface area (Å²) in [7, 11) is 1.61. The van der Waals surface area contributed by atoms with E-state index in [9.17, 15) is 9.18 Å². The number of methoxy groups -OCH3 is 1. The second kappa shape index (κ2) is 9.57. The lowest BCUT2D eigenvalue weighted by Crippen LogP contribution is -2.24. The van der Waals surface area contributed by atoms with Crippen molar-refractivity contribution in [3.8, 4) is 17.0 Å². The summed E-state index contributed by atoms with van der Waals surface area (Å²) >= 11 is 1.34. The van der Waals surface area contributed by atoms with E-state index in [1.807, 2.05) is 48.5 Å². The molecule has 0 bridgehead atoms. The van der Waals surface area contributed by atoms with Gasteiger partial charge in [0.2, 0.25) is 5.91 Å². The highest BCUT2D eigenvalue weighted by molar-refractivity contribution is 8.00. The number of carbonyl (C=O) groups is 1. The van der Waals surface area contributed by atoms with Crippen LogP contribution in [-0.2, 0) is 11.3 Å². The summed E-state index contributed by atoms with van der Waals surface area (Å²) in [6.07, 6.45) is 0. The van der Waals surface area contributed by atoms with Gasteiger partial charge in [0.15, 0.2) is 0 Å². The zero-order valence-electron chi connectivity index (χ0n) is 16.8. The van der Waals surface area contributed by atoms with Crippen molar-refractivity contribution in [3.05, 3.63) is 84.2 Å². The molecule has 7 heteroatoms. The van der Waals surface area contributed by atoms with Crippen LogP contribution >= 0.6 is 11.8 Å². The molecule has 156 valence electrons. The fourth-order valence-corrected chi connectivity index (χ4v) is 3.98. The van der Waals surface area contributed by atoms with Crippen LogP contribution in [0.5, 0.6) is 5.75 Å². The first-order chi connectivity index (χ1) is 15.1. The molecule has 0 aliphatic heterocycles. The van der Waals surface area contributed by atoms with E-state index in [-0.39, 0.29) is 17.5 Å². The number of rotatable bonds is 7. The van der Waals surface area contributed by atoms with Crippen LogP contribution in [0.4, 0.5) is 4.39 Å². The Morgan fingerprint density at radius 1 is 1.00 bits per heavy atom. The molecule has 4 aromatic rings. The molecule has 1 heterocycles. The standard InChI is InChI=1S/C24H20FN3O2S/c1-30-19-6-4-5-16(13-19)14-26-22(29)15-31-24-21-8-3-2-7-20(21)23(27-28-24)17-9-11-18(25)12-10-17/h2-13H,14-15H2,1H3,(H,26,29). The number of halogens is 1. The molecule has 0 spiro atoms. The summed E-state index contributed by atoms with van der Waals surface area (Å²) in [4.78, 5) is 12.4. The van der Waals surface area contributed by atoms with E-state index >= 15 is 0 Å². The Morgan fingerprint density at radius 3 is 2.55 bits per heavy atom. The Balaban J connectivity index is 1.47. The summed E-state index contributed by atoms with van der Waals surface area (Å²) in [5, 5.41) is 14.1. The average Bonchev–Trinajstić information content (AvgIpc) is 2.82. The van der Waals surface area contributed by atoms with E-state index in [0.717, 1.165) is 27.6 Å². The number of thioether (sulfide) groups is 1. The van der Waals surface area contributed by atoms with Crippen molar-refractivity contribution in [1.29, 1.82) is 0 Å². The molecule has 1 amide bonds. The van der Waals surface area contributed by atoms with Crippen LogP contribution < -0.4 is 10.1 Å². The molecule has 0 atom stereocenters. The maximum absolute atomic E-state index is 13.3. The molecule has 5 nitrogen and oxygen atoms in total. The van der Waals surface area contributed by atoms with Crippen molar-refractivity contribution in [2.24, 2.45) is 0 Å². The Morgan fingerprint density at radius 2 is 1.77 bits per heavy atom. The van der Waals surface area contributed by atoms with Crippen molar-refractivity contribution in [2.45, 2.75) is 11.6 Å². The molecule has 0 fully saturated rings. The summed E-state index contributed by atoms with van der Waals surface area (Å²) in [6, 6.07) is 21.5. The van der Waals surface area contributed by atoms with Gasteiger partial charge in [0.25, 0.3) is 0 Å². The van der Waals surface area contributed by atoms with Crippen LogP contribution in [0.1, 0.15) is 5.56 Å². The number of hydrogen-bond acceptors (Lipinski definition) is 5. The molecule has 1 aromatic heterocycles. The maximum Gasteiger partial charge on any atom is 0.230 e. The summed E-state index contributed by atoms with van der Waals surface area (Å²) in [6.45, 7) is 0.423. The van der Waals surface area contributed by atoms with Crippen LogP contribution in [0.15, 0.2) is 77.8 Å². The number of carbonyl (C=O) groups excluding carboxylic acids is 1. The van der Waals surface area contributed by atoms with E-state index in [1.54, 1.807) is 19.2 Å². The van der Waals surface area contributed by atoms with Gasteiger partial charge in [-0.25, -0.2) is 4.39 Å². The first-order valence-corrected chi connectivity index (χ1v) is 10.7. The molecule has 31 heavy (non-hydrogen) atoms. The van der Waals surface area contributed by atoms with Crippen LogP contribution in [0.3, 0.4) is 0 Å². The molecular formula is C24H20FN3O2S. The number of hydrogen-bond donors (Lipinski definition) is 1. The van der Waals surface area contributed by atoms with Gasteiger partial charge in [-0.1, -0.05) is 48.2 Å². The Hall–Kier alpha value is -3.45. The molecule has 0 saturated carbocycles.